The average Bonchev–Trinajstić information content (AvgIpc) is 2.67. The minimum absolute atomic E-state index is 0.0485. The maximum Gasteiger partial charge on any atom is 0.313 e. The highest BCUT2D eigenvalue weighted by molar-refractivity contribution is 7.99. The zero-order chi connectivity index (χ0) is 14.3. The van der Waals surface area contributed by atoms with Crippen molar-refractivity contribution in [3.8, 4) is 0 Å². The van der Waals surface area contributed by atoms with E-state index in [9.17, 15) is 4.79 Å². The van der Waals surface area contributed by atoms with Crippen LogP contribution in [-0.2, 0) is 16.1 Å². The number of carbonyl (C=O) groups is 1. The molecule has 1 heterocycles. The first-order chi connectivity index (χ1) is 9.00. The standard InChI is InChI=1S/C13H22N2O3S/c1-10(2)18-7-5-4-6-15-11(3)8-14-13(15)19-9-12(16)17/h8,10H,4-7,9H2,1-3H3,(H,16,17). The summed E-state index contributed by atoms with van der Waals surface area (Å²) in [6.45, 7) is 7.67. The zero-order valence-electron chi connectivity index (χ0n) is 11.8. The fourth-order valence-electron chi connectivity index (χ4n) is 1.64. The van der Waals surface area contributed by atoms with Crippen molar-refractivity contribution >= 4 is 17.7 Å². The molecule has 0 aliphatic rings. The third-order valence-electron chi connectivity index (χ3n) is 2.57. The Hall–Kier alpha value is -1.01. The Kier molecular flexibility index (Phi) is 6.94. The fourth-order valence-corrected chi connectivity index (χ4v) is 2.41. The van der Waals surface area contributed by atoms with E-state index in [1.807, 2.05) is 20.8 Å². The Bertz CT molecular complexity index is 405. The van der Waals surface area contributed by atoms with Crippen LogP contribution in [0.3, 0.4) is 0 Å². The van der Waals surface area contributed by atoms with Gasteiger partial charge in [-0.3, -0.25) is 4.79 Å². The van der Waals surface area contributed by atoms with Crippen molar-refractivity contribution in [1.29, 1.82) is 0 Å². The second-order valence-electron chi connectivity index (χ2n) is 4.64. The number of rotatable bonds is 9. The first kappa shape index (κ1) is 16.0. The fraction of sp³-hybridized carbons (Fsp3) is 0.692. The van der Waals surface area contributed by atoms with Crippen LogP contribution in [0.5, 0.6) is 0 Å². The van der Waals surface area contributed by atoms with Crippen molar-refractivity contribution < 1.29 is 14.6 Å². The lowest BCUT2D eigenvalue weighted by atomic mass is 10.3. The topological polar surface area (TPSA) is 64.3 Å². The Morgan fingerprint density at radius 3 is 2.89 bits per heavy atom. The molecule has 0 bridgehead atoms. The predicted molar refractivity (Wildman–Crippen MR) is 75.6 cm³/mol. The van der Waals surface area contributed by atoms with Gasteiger partial charge in [-0.05, 0) is 33.6 Å². The summed E-state index contributed by atoms with van der Waals surface area (Å²) in [7, 11) is 0. The van der Waals surface area contributed by atoms with Gasteiger partial charge < -0.3 is 14.4 Å². The number of ether oxygens (including phenoxy) is 1. The van der Waals surface area contributed by atoms with Crippen LogP contribution in [0.15, 0.2) is 11.4 Å². The molecular weight excluding hydrogens is 264 g/mol. The van der Waals surface area contributed by atoms with Crippen molar-refractivity contribution in [2.24, 2.45) is 0 Å². The maximum atomic E-state index is 10.6. The number of thioether (sulfide) groups is 1. The lowest BCUT2D eigenvalue weighted by Gasteiger charge is -2.10. The van der Waals surface area contributed by atoms with E-state index in [1.54, 1.807) is 6.20 Å². The van der Waals surface area contributed by atoms with Gasteiger partial charge in [0.05, 0.1) is 11.9 Å². The summed E-state index contributed by atoms with van der Waals surface area (Å²) in [6, 6.07) is 0. The van der Waals surface area contributed by atoms with Crippen LogP contribution in [0.2, 0.25) is 0 Å². The molecule has 1 rings (SSSR count). The van der Waals surface area contributed by atoms with E-state index in [-0.39, 0.29) is 11.9 Å². The summed E-state index contributed by atoms with van der Waals surface area (Å²) in [5.41, 5.74) is 1.07. The van der Waals surface area contributed by atoms with Gasteiger partial charge in [-0.1, -0.05) is 11.8 Å². The Morgan fingerprint density at radius 2 is 2.26 bits per heavy atom. The molecule has 0 saturated heterocycles. The second-order valence-corrected chi connectivity index (χ2v) is 5.59. The van der Waals surface area contributed by atoms with Gasteiger partial charge in [0.25, 0.3) is 0 Å². The SMILES string of the molecule is Cc1cnc(SCC(=O)O)n1CCCCOC(C)C. The lowest BCUT2D eigenvalue weighted by molar-refractivity contribution is -0.133. The van der Waals surface area contributed by atoms with E-state index in [4.69, 9.17) is 9.84 Å². The van der Waals surface area contributed by atoms with Crippen LogP contribution in [0.25, 0.3) is 0 Å². The third-order valence-corrected chi connectivity index (χ3v) is 3.55. The van der Waals surface area contributed by atoms with Gasteiger partial charge in [0.15, 0.2) is 5.16 Å². The van der Waals surface area contributed by atoms with Crippen LogP contribution < -0.4 is 0 Å². The van der Waals surface area contributed by atoms with Gasteiger partial charge in [-0.15, -0.1) is 0 Å². The zero-order valence-corrected chi connectivity index (χ0v) is 12.6. The van der Waals surface area contributed by atoms with Gasteiger partial charge in [0.1, 0.15) is 0 Å². The Morgan fingerprint density at radius 1 is 1.53 bits per heavy atom. The van der Waals surface area contributed by atoms with Gasteiger partial charge in [-0.2, -0.15) is 0 Å². The first-order valence-corrected chi connectivity index (χ1v) is 7.47. The molecule has 108 valence electrons. The minimum Gasteiger partial charge on any atom is -0.481 e. The Labute approximate surface area is 118 Å². The number of carboxylic acid groups (broad SMARTS) is 1. The minimum atomic E-state index is -0.817. The van der Waals surface area contributed by atoms with Gasteiger partial charge >= 0.3 is 5.97 Å². The van der Waals surface area contributed by atoms with E-state index < -0.39 is 5.97 Å². The Balaban J connectivity index is 2.39. The molecule has 0 spiro atoms. The van der Waals surface area contributed by atoms with Crippen molar-refractivity contribution in [1.82, 2.24) is 9.55 Å². The van der Waals surface area contributed by atoms with Crippen molar-refractivity contribution in [2.75, 3.05) is 12.4 Å². The van der Waals surface area contributed by atoms with Gasteiger partial charge in [-0.25, -0.2) is 4.98 Å². The highest BCUT2D eigenvalue weighted by Crippen LogP contribution is 2.18. The molecule has 0 amide bonds. The van der Waals surface area contributed by atoms with E-state index in [0.717, 1.165) is 36.8 Å². The van der Waals surface area contributed by atoms with Crippen molar-refractivity contribution in [3.05, 3.63) is 11.9 Å². The number of carboxylic acids is 1. The summed E-state index contributed by atoms with van der Waals surface area (Å²) in [6.07, 6.45) is 4.06. The smallest absolute Gasteiger partial charge is 0.313 e. The van der Waals surface area contributed by atoms with Crippen LogP contribution >= 0.6 is 11.8 Å². The summed E-state index contributed by atoms with van der Waals surface area (Å²) in [4.78, 5) is 14.8. The number of aromatic nitrogens is 2. The monoisotopic (exact) mass is 286 g/mol. The first-order valence-electron chi connectivity index (χ1n) is 6.49. The molecule has 0 saturated carbocycles. The molecule has 0 radical (unpaired) electrons. The normalized spacial score (nSPS) is 11.2. The third kappa shape index (κ3) is 6.11. The lowest BCUT2D eigenvalue weighted by Crippen LogP contribution is -2.07. The number of unbranched alkanes of at least 4 members (excludes halogenated alkanes) is 1. The number of aliphatic carboxylic acids is 1. The molecular formula is C13H22N2O3S. The maximum absolute atomic E-state index is 10.6. The molecule has 1 N–H and O–H groups in total. The van der Waals surface area contributed by atoms with Crippen LogP contribution in [0.1, 0.15) is 32.4 Å². The largest absolute Gasteiger partial charge is 0.481 e. The number of hydrogen-bond acceptors (Lipinski definition) is 4. The van der Waals surface area contributed by atoms with E-state index in [0.29, 0.717) is 0 Å². The molecule has 1 aromatic rings. The van der Waals surface area contributed by atoms with Gasteiger partial charge in [0.2, 0.25) is 0 Å². The average molecular weight is 286 g/mol. The molecule has 0 fully saturated rings. The molecule has 5 nitrogen and oxygen atoms in total. The second kappa shape index (κ2) is 8.22. The van der Waals surface area contributed by atoms with Gasteiger partial charge in [0, 0.05) is 25.0 Å². The van der Waals surface area contributed by atoms with Crippen LogP contribution in [0.4, 0.5) is 0 Å². The quantitative estimate of drug-likeness (QED) is 0.558. The van der Waals surface area contributed by atoms with E-state index in [1.165, 1.54) is 11.8 Å². The summed E-state index contributed by atoms with van der Waals surface area (Å²) in [5, 5.41) is 9.48. The molecule has 1 aromatic heterocycles. The summed E-state index contributed by atoms with van der Waals surface area (Å²) < 4.78 is 7.57. The van der Waals surface area contributed by atoms with Crippen LogP contribution in [-0.4, -0.2) is 39.1 Å². The van der Waals surface area contributed by atoms with Crippen molar-refractivity contribution in [3.63, 3.8) is 0 Å². The number of aryl methyl sites for hydroxylation is 1. The molecule has 0 aliphatic heterocycles. The summed E-state index contributed by atoms with van der Waals surface area (Å²) >= 11 is 1.27. The van der Waals surface area contributed by atoms with E-state index >= 15 is 0 Å². The predicted octanol–water partition coefficient (Wildman–Crippen LogP) is 2.57. The highest BCUT2D eigenvalue weighted by Gasteiger charge is 2.09. The summed E-state index contributed by atoms with van der Waals surface area (Å²) in [5.74, 6) is -0.769. The highest BCUT2D eigenvalue weighted by atomic mass is 32.2. The van der Waals surface area contributed by atoms with E-state index in [2.05, 4.69) is 9.55 Å². The molecule has 0 atom stereocenters. The number of nitrogens with zero attached hydrogens (tertiary/aromatic N) is 2. The van der Waals surface area contributed by atoms with Crippen molar-refractivity contribution in [2.45, 2.75) is 51.4 Å². The van der Waals surface area contributed by atoms with Crippen LogP contribution in [0, 0.1) is 6.92 Å². The molecule has 19 heavy (non-hydrogen) atoms. The molecule has 0 unspecified atom stereocenters. The molecule has 6 heteroatoms. The number of imidazole rings is 1. The molecule has 0 aliphatic carbocycles. The number of hydrogen-bond donors (Lipinski definition) is 1. The molecule has 0 aromatic carbocycles.